The normalized spacial score (nSPS) is 10.9. The molecular formula is C15H14FN3OS. The van der Waals surface area contributed by atoms with Gasteiger partial charge in [0.2, 0.25) is 0 Å². The number of halogens is 1. The average molecular weight is 303 g/mol. The molecule has 21 heavy (non-hydrogen) atoms. The summed E-state index contributed by atoms with van der Waals surface area (Å²) < 4.78 is 20.2. The van der Waals surface area contributed by atoms with Crippen molar-refractivity contribution in [2.75, 3.05) is 12.4 Å². The third-order valence-corrected chi connectivity index (χ3v) is 3.91. The number of fused-ring (bicyclic) bond motifs is 1. The topological polar surface area (TPSA) is 39.4 Å². The number of thioether (sulfide) groups is 1. The van der Waals surface area contributed by atoms with Crippen LogP contribution in [0.1, 0.15) is 6.42 Å². The minimum absolute atomic E-state index is 0.253. The highest BCUT2D eigenvalue weighted by molar-refractivity contribution is 7.99. The molecule has 0 spiro atoms. The molecule has 2 aromatic heterocycles. The van der Waals surface area contributed by atoms with Crippen LogP contribution in [0.4, 0.5) is 4.39 Å². The minimum Gasteiger partial charge on any atom is -0.494 e. The first-order valence-corrected chi connectivity index (χ1v) is 7.62. The Morgan fingerprint density at radius 2 is 1.95 bits per heavy atom. The van der Waals surface area contributed by atoms with Crippen LogP contribution in [0.15, 0.2) is 53.8 Å². The lowest BCUT2D eigenvalue weighted by molar-refractivity contribution is 0.318. The maximum absolute atomic E-state index is 12.7. The molecule has 0 aliphatic rings. The van der Waals surface area contributed by atoms with Crippen LogP contribution in [-0.4, -0.2) is 27.0 Å². The molecule has 2 heterocycles. The molecule has 3 aromatic rings. The molecule has 0 N–H and O–H groups in total. The van der Waals surface area contributed by atoms with E-state index >= 15 is 0 Å². The zero-order valence-electron chi connectivity index (χ0n) is 11.3. The molecule has 6 heteroatoms. The van der Waals surface area contributed by atoms with Gasteiger partial charge in [-0.25, -0.2) is 4.39 Å². The second-order valence-electron chi connectivity index (χ2n) is 4.42. The van der Waals surface area contributed by atoms with E-state index in [1.165, 1.54) is 12.1 Å². The fourth-order valence-corrected chi connectivity index (χ4v) is 2.70. The summed E-state index contributed by atoms with van der Waals surface area (Å²) in [5.74, 6) is 1.32. The van der Waals surface area contributed by atoms with E-state index in [9.17, 15) is 4.39 Å². The Hall–Kier alpha value is -2.08. The molecule has 0 fully saturated rings. The Morgan fingerprint density at radius 1 is 1.10 bits per heavy atom. The SMILES string of the molecule is Fc1ccc(OCCCSc2nnc3ccccn23)cc1. The predicted molar refractivity (Wildman–Crippen MR) is 80.2 cm³/mol. The van der Waals surface area contributed by atoms with Gasteiger partial charge in [-0.2, -0.15) is 0 Å². The van der Waals surface area contributed by atoms with Crippen molar-refractivity contribution in [3.8, 4) is 5.75 Å². The number of rotatable bonds is 6. The van der Waals surface area contributed by atoms with Gasteiger partial charge < -0.3 is 4.74 Å². The van der Waals surface area contributed by atoms with Gasteiger partial charge >= 0.3 is 0 Å². The number of pyridine rings is 1. The van der Waals surface area contributed by atoms with Crippen molar-refractivity contribution in [2.24, 2.45) is 0 Å². The van der Waals surface area contributed by atoms with Crippen molar-refractivity contribution < 1.29 is 9.13 Å². The monoisotopic (exact) mass is 303 g/mol. The van der Waals surface area contributed by atoms with Crippen LogP contribution in [-0.2, 0) is 0 Å². The summed E-state index contributed by atoms with van der Waals surface area (Å²) in [6, 6.07) is 11.9. The van der Waals surface area contributed by atoms with Gasteiger partial charge in [-0.05, 0) is 42.8 Å². The molecule has 0 aliphatic carbocycles. The lowest BCUT2D eigenvalue weighted by atomic mass is 10.3. The smallest absolute Gasteiger partial charge is 0.195 e. The van der Waals surface area contributed by atoms with Crippen molar-refractivity contribution in [1.82, 2.24) is 14.6 Å². The van der Waals surface area contributed by atoms with Crippen molar-refractivity contribution in [3.05, 3.63) is 54.5 Å². The molecule has 4 nitrogen and oxygen atoms in total. The van der Waals surface area contributed by atoms with Crippen LogP contribution < -0.4 is 4.74 Å². The quantitative estimate of drug-likeness (QED) is 0.516. The first-order chi connectivity index (χ1) is 10.3. The Bertz CT molecular complexity index is 714. The molecule has 0 saturated heterocycles. The Kier molecular flexibility index (Phi) is 4.35. The second-order valence-corrected chi connectivity index (χ2v) is 5.48. The molecule has 0 saturated carbocycles. The second kappa shape index (κ2) is 6.58. The summed E-state index contributed by atoms with van der Waals surface area (Å²) in [7, 11) is 0. The molecule has 0 amide bonds. The van der Waals surface area contributed by atoms with Gasteiger partial charge in [0.25, 0.3) is 0 Å². The van der Waals surface area contributed by atoms with Gasteiger partial charge in [0.05, 0.1) is 6.61 Å². The van der Waals surface area contributed by atoms with Crippen molar-refractivity contribution in [1.29, 1.82) is 0 Å². The molecule has 0 aliphatic heterocycles. The molecule has 0 bridgehead atoms. The first kappa shape index (κ1) is 13.9. The van der Waals surface area contributed by atoms with E-state index in [0.717, 1.165) is 23.0 Å². The summed E-state index contributed by atoms with van der Waals surface area (Å²) in [4.78, 5) is 0. The highest BCUT2D eigenvalue weighted by atomic mass is 32.2. The van der Waals surface area contributed by atoms with E-state index < -0.39 is 0 Å². The van der Waals surface area contributed by atoms with Gasteiger partial charge in [-0.3, -0.25) is 4.40 Å². The zero-order valence-corrected chi connectivity index (χ0v) is 12.1. The Balaban J connectivity index is 1.45. The Morgan fingerprint density at radius 3 is 2.81 bits per heavy atom. The van der Waals surface area contributed by atoms with Gasteiger partial charge in [0.1, 0.15) is 11.6 Å². The number of ether oxygens (including phenoxy) is 1. The van der Waals surface area contributed by atoms with E-state index in [1.54, 1.807) is 23.9 Å². The zero-order chi connectivity index (χ0) is 14.5. The molecule has 0 radical (unpaired) electrons. The van der Waals surface area contributed by atoms with Crippen molar-refractivity contribution >= 4 is 17.4 Å². The van der Waals surface area contributed by atoms with E-state index in [1.807, 2.05) is 28.8 Å². The van der Waals surface area contributed by atoms with Gasteiger partial charge in [0.15, 0.2) is 10.8 Å². The van der Waals surface area contributed by atoms with Crippen LogP contribution in [0.5, 0.6) is 5.75 Å². The van der Waals surface area contributed by atoms with Gasteiger partial charge in [-0.1, -0.05) is 17.8 Å². The number of nitrogens with zero attached hydrogens (tertiary/aromatic N) is 3. The summed E-state index contributed by atoms with van der Waals surface area (Å²) in [6.45, 7) is 0.593. The van der Waals surface area contributed by atoms with E-state index in [0.29, 0.717) is 12.4 Å². The Labute approximate surface area is 126 Å². The molecule has 0 atom stereocenters. The third kappa shape index (κ3) is 3.52. The van der Waals surface area contributed by atoms with Crippen LogP contribution in [0.25, 0.3) is 5.65 Å². The van der Waals surface area contributed by atoms with Crippen molar-refractivity contribution in [3.63, 3.8) is 0 Å². The fraction of sp³-hybridized carbons (Fsp3) is 0.200. The lowest BCUT2D eigenvalue weighted by Crippen LogP contribution is -1.99. The van der Waals surface area contributed by atoms with Crippen LogP contribution in [0, 0.1) is 5.82 Å². The molecule has 1 aromatic carbocycles. The van der Waals surface area contributed by atoms with Crippen LogP contribution in [0.2, 0.25) is 0 Å². The number of hydrogen-bond acceptors (Lipinski definition) is 4. The average Bonchev–Trinajstić information content (AvgIpc) is 2.92. The van der Waals surface area contributed by atoms with E-state index in [2.05, 4.69) is 10.2 Å². The fourth-order valence-electron chi connectivity index (χ4n) is 1.86. The summed E-state index contributed by atoms with van der Waals surface area (Å²) in [5, 5.41) is 9.13. The number of aromatic nitrogens is 3. The third-order valence-electron chi connectivity index (χ3n) is 2.88. The molecule has 3 rings (SSSR count). The highest BCUT2D eigenvalue weighted by Crippen LogP contribution is 2.18. The van der Waals surface area contributed by atoms with E-state index in [4.69, 9.17) is 4.74 Å². The summed E-state index contributed by atoms with van der Waals surface area (Å²) in [6.07, 6.45) is 2.83. The molecule has 0 unspecified atom stereocenters. The molecule has 108 valence electrons. The number of hydrogen-bond donors (Lipinski definition) is 0. The first-order valence-electron chi connectivity index (χ1n) is 6.64. The van der Waals surface area contributed by atoms with Crippen LogP contribution >= 0.6 is 11.8 Å². The predicted octanol–water partition coefficient (Wildman–Crippen LogP) is 3.43. The minimum atomic E-state index is -0.253. The number of benzene rings is 1. The van der Waals surface area contributed by atoms with E-state index in [-0.39, 0.29) is 5.82 Å². The van der Waals surface area contributed by atoms with Crippen LogP contribution in [0.3, 0.4) is 0 Å². The summed E-state index contributed by atoms with van der Waals surface area (Å²) in [5.41, 5.74) is 0.850. The molecular weight excluding hydrogens is 289 g/mol. The summed E-state index contributed by atoms with van der Waals surface area (Å²) >= 11 is 1.64. The maximum atomic E-state index is 12.7. The maximum Gasteiger partial charge on any atom is 0.195 e. The van der Waals surface area contributed by atoms with Gasteiger partial charge in [0, 0.05) is 11.9 Å². The highest BCUT2D eigenvalue weighted by Gasteiger charge is 2.04. The largest absolute Gasteiger partial charge is 0.494 e. The van der Waals surface area contributed by atoms with Gasteiger partial charge in [-0.15, -0.1) is 10.2 Å². The van der Waals surface area contributed by atoms with Crippen molar-refractivity contribution in [2.45, 2.75) is 11.6 Å². The lowest BCUT2D eigenvalue weighted by Gasteiger charge is -2.05. The standard InChI is InChI=1S/C15H14FN3OS/c16-12-5-7-13(8-6-12)20-10-3-11-21-15-18-17-14-4-1-2-9-19(14)15/h1-2,4-9H,3,10-11H2.